The molecule has 2 aliphatic carbocycles. The quantitative estimate of drug-likeness (QED) is 0.471. The molecule has 2 aromatic carbocycles. The summed E-state index contributed by atoms with van der Waals surface area (Å²) in [5, 5.41) is 4.36. The summed E-state index contributed by atoms with van der Waals surface area (Å²) in [4.78, 5) is 0. The summed E-state index contributed by atoms with van der Waals surface area (Å²) in [6, 6.07) is 14.2. The number of nitrogens with zero attached hydrogens (tertiary/aromatic N) is 2. The summed E-state index contributed by atoms with van der Waals surface area (Å²) in [6.45, 7) is 2.60. The average molecular weight is 508 g/mol. The molecule has 1 saturated carbocycles. The van der Waals surface area contributed by atoms with Gasteiger partial charge in [0.2, 0.25) is 10.0 Å². The minimum Gasteiger partial charge on any atom is -0.370 e. The average Bonchev–Trinajstić information content (AvgIpc) is 3.55. The third-order valence-electron chi connectivity index (χ3n) is 7.70. The zero-order valence-electron chi connectivity index (χ0n) is 20.3. The number of sulfonamides is 1. The van der Waals surface area contributed by atoms with E-state index in [-0.39, 0.29) is 22.7 Å². The molecular weight excluding hydrogens is 477 g/mol. The predicted molar refractivity (Wildman–Crippen MR) is 137 cm³/mol. The van der Waals surface area contributed by atoms with Crippen molar-refractivity contribution in [3.05, 3.63) is 88.5 Å². The second kappa shape index (κ2) is 8.94. The molecular formula is C28H30FN3O3S. The van der Waals surface area contributed by atoms with Gasteiger partial charge in [0.25, 0.3) is 0 Å². The van der Waals surface area contributed by atoms with Crippen LogP contribution in [0, 0.1) is 5.82 Å². The van der Waals surface area contributed by atoms with Crippen LogP contribution < -0.4 is 4.72 Å². The summed E-state index contributed by atoms with van der Waals surface area (Å²) in [6.07, 6.45) is 8.77. The number of hydrogen-bond donors (Lipinski definition) is 1. The van der Waals surface area contributed by atoms with Crippen molar-refractivity contribution in [2.75, 3.05) is 6.61 Å². The highest BCUT2D eigenvalue weighted by molar-refractivity contribution is 7.90. The normalized spacial score (nSPS) is 22.1. The Morgan fingerprint density at radius 3 is 2.75 bits per heavy atom. The molecule has 1 unspecified atom stereocenters. The highest BCUT2D eigenvalue weighted by Gasteiger charge is 2.43. The van der Waals surface area contributed by atoms with Crippen molar-refractivity contribution in [2.24, 2.45) is 0 Å². The molecule has 1 saturated heterocycles. The van der Waals surface area contributed by atoms with E-state index in [0.717, 1.165) is 66.6 Å². The maximum absolute atomic E-state index is 13.4. The van der Waals surface area contributed by atoms with Gasteiger partial charge in [0.15, 0.2) is 0 Å². The van der Waals surface area contributed by atoms with Gasteiger partial charge in [-0.2, -0.15) is 5.10 Å². The Balaban J connectivity index is 1.24. The molecule has 3 aliphatic rings. The highest BCUT2D eigenvalue weighted by Crippen LogP contribution is 2.44. The molecule has 2 atom stereocenters. The largest absolute Gasteiger partial charge is 0.370 e. The predicted octanol–water partition coefficient (Wildman–Crippen LogP) is 4.89. The van der Waals surface area contributed by atoms with Crippen molar-refractivity contribution in [1.82, 2.24) is 14.5 Å². The number of fused-ring (bicyclic) bond motifs is 2. The SMILES string of the molecule is C[C@@H](NS(=O)(=O)C1CC1)c1ccccc1CCC12Cc3cnn(-c4ccc(F)cc4)c3C=C1CCO2. The van der Waals surface area contributed by atoms with Crippen LogP contribution in [0.25, 0.3) is 11.8 Å². The van der Waals surface area contributed by atoms with Crippen LogP contribution in [0.1, 0.15) is 61.0 Å². The molecule has 1 aromatic heterocycles. The minimum absolute atomic E-state index is 0.238. The van der Waals surface area contributed by atoms with Crippen molar-refractivity contribution in [3.63, 3.8) is 0 Å². The van der Waals surface area contributed by atoms with E-state index < -0.39 is 10.0 Å². The van der Waals surface area contributed by atoms with Gasteiger partial charge in [-0.15, -0.1) is 0 Å². The first-order valence-electron chi connectivity index (χ1n) is 12.6. The van der Waals surface area contributed by atoms with Crippen LogP contribution >= 0.6 is 0 Å². The summed E-state index contributed by atoms with van der Waals surface area (Å²) >= 11 is 0. The number of halogens is 1. The fourth-order valence-corrected chi connectivity index (χ4v) is 7.18. The van der Waals surface area contributed by atoms with Crippen molar-refractivity contribution in [2.45, 2.75) is 62.3 Å². The van der Waals surface area contributed by atoms with E-state index in [1.54, 1.807) is 12.1 Å². The fraction of sp³-hybridized carbons (Fsp3) is 0.393. The number of rotatable bonds is 8. The maximum Gasteiger partial charge on any atom is 0.215 e. The molecule has 0 bridgehead atoms. The van der Waals surface area contributed by atoms with Crippen LogP contribution in [0.2, 0.25) is 0 Å². The second-order valence-corrected chi connectivity index (χ2v) is 12.2. The van der Waals surface area contributed by atoms with Gasteiger partial charge < -0.3 is 4.74 Å². The summed E-state index contributed by atoms with van der Waals surface area (Å²) in [5.41, 5.74) is 6.01. The van der Waals surface area contributed by atoms with Crippen LogP contribution in [0.3, 0.4) is 0 Å². The zero-order chi connectivity index (χ0) is 24.9. The molecule has 0 amide bonds. The number of nitrogens with one attached hydrogen (secondary N) is 1. The van der Waals surface area contributed by atoms with Crippen molar-refractivity contribution in [3.8, 4) is 5.69 Å². The van der Waals surface area contributed by atoms with Gasteiger partial charge in [-0.25, -0.2) is 22.2 Å². The minimum atomic E-state index is -3.27. The Kier molecular flexibility index (Phi) is 5.85. The standard InChI is InChI=1S/C28H30FN3O3S/c1-19(31-36(33,34)25-10-11-25)26-5-3-2-4-20(26)12-14-28-17-21-18-30-32(24-8-6-23(29)7-9-24)27(21)16-22(28)13-15-35-28/h2-9,16,18-19,25,31H,10-15,17H2,1H3/t19-,28?/m1/s1. The van der Waals surface area contributed by atoms with Gasteiger partial charge in [-0.1, -0.05) is 24.3 Å². The number of benzene rings is 2. The molecule has 1 aliphatic heterocycles. The van der Waals surface area contributed by atoms with Gasteiger partial charge in [0.05, 0.1) is 35.0 Å². The van der Waals surface area contributed by atoms with E-state index in [2.05, 4.69) is 22.0 Å². The van der Waals surface area contributed by atoms with Gasteiger partial charge in [-0.05, 0) is 86.1 Å². The molecule has 36 heavy (non-hydrogen) atoms. The maximum atomic E-state index is 13.4. The van der Waals surface area contributed by atoms with Crippen molar-refractivity contribution >= 4 is 16.1 Å². The molecule has 2 fully saturated rings. The molecule has 0 spiro atoms. The van der Waals surface area contributed by atoms with Crippen LogP contribution in [-0.4, -0.2) is 35.7 Å². The lowest BCUT2D eigenvalue weighted by molar-refractivity contribution is 0.0175. The number of ether oxygens (including phenoxy) is 1. The van der Waals surface area contributed by atoms with E-state index in [4.69, 9.17) is 4.74 Å². The molecule has 6 rings (SSSR count). The van der Waals surface area contributed by atoms with Crippen molar-refractivity contribution in [1.29, 1.82) is 0 Å². The topological polar surface area (TPSA) is 73.2 Å². The first kappa shape index (κ1) is 23.6. The molecule has 0 radical (unpaired) electrons. The lowest BCUT2D eigenvalue weighted by atomic mass is 9.78. The van der Waals surface area contributed by atoms with Crippen molar-refractivity contribution < 1.29 is 17.5 Å². The summed E-state index contributed by atoms with van der Waals surface area (Å²) < 4.78 is 49.6. The molecule has 1 N–H and O–H groups in total. The van der Waals surface area contributed by atoms with Gasteiger partial charge in [-0.3, -0.25) is 0 Å². The Labute approximate surface area is 211 Å². The van der Waals surface area contributed by atoms with Crippen LogP contribution in [0.5, 0.6) is 0 Å². The number of hydrogen-bond acceptors (Lipinski definition) is 4. The molecule has 188 valence electrons. The number of aryl methyl sites for hydroxylation is 1. The highest BCUT2D eigenvalue weighted by atomic mass is 32.2. The molecule has 6 nitrogen and oxygen atoms in total. The van der Waals surface area contributed by atoms with Gasteiger partial charge in [0.1, 0.15) is 5.82 Å². The molecule has 8 heteroatoms. The lowest BCUT2D eigenvalue weighted by Gasteiger charge is -2.33. The lowest BCUT2D eigenvalue weighted by Crippen LogP contribution is -2.36. The van der Waals surface area contributed by atoms with E-state index in [9.17, 15) is 12.8 Å². The first-order chi connectivity index (χ1) is 17.3. The van der Waals surface area contributed by atoms with Crippen LogP contribution in [0.4, 0.5) is 4.39 Å². The molecule has 2 heterocycles. The van der Waals surface area contributed by atoms with Gasteiger partial charge >= 0.3 is 0 Å². The molecule has 3 aromatic rings. The van der Waals surface area contributed by atoms with E-state index in [0.29, 0.717) is 6.61 Å². The Bertz CT molecular complexity index is 1430. The Morgan fingerprint density at radius 1 is 1.19 bits per heavy atom. The van der Waals surface area contributed by atoms with Crippen LogP contribution in [-0.2, 0) is 27.6 Å². The Morgan fingerprint density at radius 2 is 1.97 bits per heavy atom. The number of aromatic nitrogens is 2. The van der Waals surface area contributed by atoms with Crippen LogP contribution in [0.15, 0.2) is 60.3 Å². The first-order valence-corrected chi connectivity index (χ1v) is 14.2. The zero-order valence-corrected chi connectivity index (χ0v) is 21.1. The third-order valence-corrected chi connectivity index (χ3v) is 9.73. The van der Waals surface area contributed by atoms with E-state index in [1.165, 1.54) is 17.7 Å². The smallest absolute Gasteiger partial charge is 0.215 e. The van der Waals surface area contributed by atoms with E-state index in [1.807, 2.05) is 36.0 Å². The Hall–Kier alpha value is -2.81. The third kappa shape index (κ3) is 4.31. The van der Waals surface area contributed by atoms with E-state index >= 15 is 0 Å². The second-order valence-electron chi connectivity index (χ2n) is 10.2. The summed E-state index contributed by atoms with van der Waals surface area (Å²) in [7, 11) is -3.27. The monoisotopic (exact) mass is 507 g/mol. The van der Waals surface area contributed by atoms with Gasteiger partial charge in [0, 0.05) is 18.0 Å². The summed E-state index contributed by atoms with van der Waals surface area (Å²) in [5.74, 6) is -0.267. The fourth-order valence-electron chi connectivity index (χ4n) is 5.61.